The highest BCUT2D eigenvalue weighted by molar-refractivity contribution is 6.29. The number of amides is 1. The van der Waals surface area contributed by atoms with E-state index in [4.69, 9.17) is 21.9 Å². The van der Waals surface area contributed by atoms with Crippen molar-refractivity contribution in [1.82, 2.24) is 0 Å². The Bertz CT molecular complexity index is 491. The first kappa shape index (κ1) is 16.2. The quantitative estimate of drug-likeness (QED) is 0.363. The minimum Gasteiger partial charge on any atom is -0.376 e. The Morgan fingerprint density at radius 3 is 2.65 bits per heavy atom. The highest BCUT2D eigenvalue weighted by Gasteiger charge is 2.22. The van der Waals surface area contributed by atoms with Crippen molar-refractivity contribution in [3.05, 3.63) is 40.3 Å². The van der Waals surface area contributed by atoms with Crippen LogP contribution < -0.4 is 5.32 Å². The summed E-state index contributed by atoms with van der Waals surface area (Å²) >= 11 is 5.38. The number of hydrogen-bond acceptors (Lipinski definition) is 3. The van der Waals surface area contributed by atoms with Crippen LogP contribution in [0.5, 0.6) is 0 Å². The molecular weight excluding hydrogens is 287 g/mol. The molecule has 6 nitrogen and oxygen atoms in total. The van der Waals surface area contributed by atoms with Crippen molar-refractivity contribution in [1.29, 1.82) is 0 Å². The van der Waals surface area contributed by atoms with Gasteiger partial charge in [-0.15, -0.1) is 11.6 Å². The van der Waals surface area contributed by atoms with E-state index in [1.54, 1.807) is 24.3 Å². The minimum atomic E-state index is -0.937. The molecule has 0 aliphatic carbocycles. The van der Waals surface area contributed by atoms with Crippen molar-refractivity contribution < 1.29 is 13.9 Å². The van der Waals surface area contributed by atoms with Gasteiger partial charge in [0.1, 0.15) is 12.6 Å². The average Bonchev–Trinajstić information content (AvgIpc) is 2.48. The minimum absolute atomic E-state index is 0.136. The maximum absolute atomic E-state index is 12.8. The van der Waals surface area contributed by atoms with Crippen molar-refractivity contribution in [3.63, 3.8) is 0 Å². The first-order valence-electron chi connectivity index (χ1n) is 5.75. The van der Waals surface area contributed by atoms with E-state index < -0.39 is 18.8 Å². The normalized spacial score (nSPS) is 13.2. The number of hydrogen-bond donors (Lipinski definition) is 1. The lowest BCUT2D eigenvalue weighted by Gasteiger charge is -2.20. The standard InChI is InChI=1S/C12H14ClFN4O2/c1-20-12(10(7-14)17-18-15)8-2-4-9(5-3-8)16-11(19)6-13/h2-5,10,12H,6-7H2,1H3,(H,16,19)/t10-,12-/m1/s1. The molecule has 1 rings (SSSR count). The molecule has 0 heterocycles. The molecule has 2 atom stereocenters. The van der Waals surface area contributed by atoms with Gasteiger partial charge in [-0.3, -0.25) is 9.18 Å². The molecule has 0 unspecified atom stereocenters. The van der Waals surface area contributed by atoms with Gasteiger partial charge in [-0.25, -0.2) is 0 Å². The van der Waals surface area contributed by atoms with Crippen LogP contribution in [0.3, 0.4) is 0 Å². The van der Waals surface area contributed by atoms with Crippen molar-refractivity contribution in [3.8, 4) is 0 Å². The fourth-order valence-electron chi connectivity index (χ4n) is 1.70. The molecule has 0 bridgehead atoms. The summed E-state index contributed by atoms with van der Waals surface area (Å²) in [5.41, 5.74) is 9.62. The van der Waals surface area contributed by atoms with Gasteiger partial charge in [-0.05, 0) is 23.2 Å². The SMILES string of the molecule is CO[C@H](c1ccc(NC(=O)CCl)cc1)[C@@H](CF)N=[N+]=[N-]. The maximum Gasteiger partial charge on any atom is 0.239 e. The molecule has 1 amide bonds. The van der Waals surface area contributed by atoms with E-state index >= 15 is 0 Å². The predicted molar refractivity (Wildman–Crippen MR) is 74.5 cm³/mol. The molecule has 1 N–H and O–H groups in total. The first-order valence-corrected chi connectivity index (χ1v) is 6.28. The third kappa shape index (κ3) is 4.38. The summed E-state index contributed by atoms with van der Waals surface area (Å²) in [4.78, 5) is 13.7. The van der Waals surface area contributed by atoms with E-state index in [0.29, 0.717) is 11.3 Å². The zero-order valence-corrected chi connectivity index (χ0v) is 11.5. The maximum atomic E-state index is 12.8. The van der Waals surface area contributed by atoms with E-state index in [0.717, 1.165) is 0 Å². The third-order valence-corrected chi connectivity index (χ3v) is 2.85. The Hall–Kier alpha value is -1.82. The fourth-order valence-corrected chi connectivity index (χ4v) is 1.77. The molecule has 0 fully saturated rings. The van der Waals surface area contributed by atoms with E-state index in [2.05, 4.69) is 15.3 Å². The number of halogens is 2. The molecule has 108 valence electrons. The molecule has 0 aliphatic rings. The molecule has 0 aliphatic heterocycles. The number of rotatable bonds is 7. The van der Waals surface area contributed by atoms with Crippen LogP contribution in [-0.4, -0.2) is 31.6 Å². The fraction of sp³-hybridized carbons (Fsp3) is 0.417. The number of methoxy groups -OCH3 is 1. The van der Waals surface area contributed by atoms with E-state index in [-0.39, 0.29) is 11.8 Å². The second-order valence-electron chi connectivity index (χ2n) is 3.89. The Labute approximate surface area is 120 Å². The Balaban J connectivity index is 2.89. The van der Waals surface area contributed by atoms with Gasteiger partial charge in [0.2, 0.25) is 5.91 Å². The van der Waals surface area contributed by atoms with E-state index in [1.165, 1.54) is 7.11 Å². The molecular formula is C12H14ClFN4O2. The second-order valence-corrected chi connectivity index (χ2v) is 4.15. The summed E-state index contributed by atoms with van der Waals surface area (Å²) in [6, 6.07) is 5.66. The lowest BCUT2D eigenvalue weighted by molar-refractivity contribution is -0.113. The zero-order valence-electron chi connectivity index (χ0n) is 10.8. The lowest BCUT2D eigenvalue weighted by atomic mass is 10.0. The van der Waals surface area contributed by atoms with Gasteiger partial charge in [-0.1, -0.05) is 17.2 Å². The van der Waals surface area contributed by atoms with Crippen molar-refractivity contribution in [2.45, 2.75) is 12.1 Å². The van der Waals surface area contributed by atoms with Gasteiger partial charge in [0, 0.05) is 17.7 Å². The van der Waals surface area contributed by atoms with Gasteiger partial charge < -0.3 is 10.1 Å². The summed E-state index contributed by atoms with van der Waals surface area (Å²) in [5.74, 6) is -0.457. The first-order chi connectivity index (χ1) is 9.65. The summed E-state index contributed by atoms with van der Waals surface area (Å²) in [5, 5.41) is 5.94. The summed E-state index contributed by atoms with van der Waals surface area (Å²) < 4.78 is 18.0. The monoisotopic (exact) mass is 300 g/mol. The Kier molecular flexibility index (Phi) is 6.79. The smallest absolute Gasteiger partial charge is 0.239 e. The van der Waals surface area contributed by atoms with Gasteiger partial charge in [0.25, 0.3) is 0 Å². The molecule has 1 aromatic carbocycles. The molecule has 0 saturated heterocycles. The van der Waals surface area contributed by atoms with Crippen LogP contribution in [0.1, 0.15) is 11.7 Å². The Morgan fingerprint density at radius 1 is 1.55 bits per heavy atom. The number of carbonyl (C=O) groups is 1. The van der Waals surface area contributed by atoms with Crippen LogP contribution in [0.15, 0.2) is 29.4 Å². The van der Waals surface area contributed by atoms with Crippen LogP contribution >= 0.6 is 11.6 Å². The zero-order chi connectivity index (χ0) is 15.0. The number of anilines is 1. The molecule has 8 heteroatoms. The van der Waals surface area contributed by atoms with E-state index in [1.807, 2.05) is 0 Å². The molecule has 1 aromatic rings. The molecule has 0 radical (unpaired) electrons. The van der Waals surface area contributed by atoms with Crippen molar-refractivity contribution >= 4 is 23.2 Å². The number of benzene rings is 1. The predicted octanol–water partition coefficient (Wildman–Crippen LogP) is 3.20. The molecule has 20 heavy (non-hydrogen) atoms. The Morgan fingerprint density at radius 2 is 2.20 bits per heavy atom. The molecule has 0 spiro atoms. The van der Waals surface area contributed by atoms with Gasteiger partial charge in [0.15, 0.2) is 0 Å². The van der Waals surface area contributed by atoms with E-state index in [9.17, 15) is 9.18 Å². The van der Waals surface area contributed by atoms with Crippen LogP contribution in [0.25, 0.3) is 10.4 Å². The van der Waals surface area contributed by atoms with Gasteiger partial charge in [0.05, 0.1) is 12.1 Å². The molecule has 0 aromatic heterocycles. The summed E-state index contributed by atoms with van der Waals surface area (Å²) in [7, 11) is 1.41. The van der Waals surface area contributed by atoms with Crippen LogP contribution in [0.4, 0.5) is 10.1 Å². The lowest BCUT2D eigenvalue weighted by Crippen LogP contribution is -2.20. The number of carbonyl (C=O) groups excluding carboxylic acids is 1. The van der Waals surface area contributed by atoms with Crippen molar-refractivity contribution in [2.75, 3.05) is 25.0 Å². The van der Waals surface area contributed by atoms with Crippen LogP contribution in [0, 0.1) is 0 Å². The second kappa shape index (κ2) is 8.37. The highest BCUT2D eigenvalue weighted by Crippen LogP contribution is 2.25. The number of alkyl halides is 2. The highest BCUT2D eigenvalue weighted by atomic mass is 35.5. The summed E-state index contributed by atoms with van der Waals surface area (Å²) in [6.07, 6.45) is -0.686. The number of ether oxygens (including phenoxy) is 1. The van der Waals surface area contributed by atoms with Crippen LogP contribution in [-0.2, 0) is 9.53 Å². The van der Waals surface area contributed by atoms with Crippen molar-refractivity contribution in [2.24, 2.45) is 5.11 Å². The van der Waals surface area contributed by atoms with Crippen LogP contribution in [0.2, 0.25) is 0 Å². The molecule has 0 saturated carbocycles. The topological polar surface area (TPSA) is 87.1 Å². The third-order valence-electron chi connectivity index (χ3n) is 2.61. The summed E-state index contributed by atoms with van der Waals surface area (Å²) in [6.45, 7) is -0.826. The largest absolute Gasteiger partial charge is 0.376 e. The number of nitrogens with zero attached hydrogens (tertiary/aromatic N) is 3. The van der Waals surface area contributed by atoms with Gasteiger partial charge in [-0.2, -0.15) is 0 Å². The number of nitrogens with one attached hydrogen (secondary N) is 1. The average molecular weight is 301 g/mol. The van der Waals surface area contributed by atoms with Gasteiger partial charge >= 0.3 is 0 Å². The number of azide groups is 1.